The van der Waals surface area contributed by atoms with Crippen molar-refractivity contribution in [3.05, 3.63) is 82.4 Å². The van der Waals surface area contributed by atoms with Crippen molar-refractivity contribution >= 4 is 41.1 Å². The second-order valence-electron chi connectivity index (χ2n) is 11.7. The topological polar surface area (TPSA) is 152 Å². The standard InChI is InChI=1S/C31H34ClN7O5/c1-31(2,3)44-23-15-19(22(40)16-24(33)41)7-10-21(23)28-36-26(18-5-8-20(32)9-6-18)27(29-35-11-13-37(29)4)39(28)30(43)38-14-12-34-25(42)17-38/h5-11,13,15,26-27H,12,14,16-17H2,1-4H3,(H2,33,41)(H,34,42)/t26-,27-/m0/s1. The Balaban J connectivity index is 1.72. The average molecular weight is 620 g/mol. The molecule has 2 aromatic carbocycles. The second kappa shape index (κ2) is 12.1. The highest BCUT2D eigenvalue weighted by atomic mass is 35.5. The van der Waals surface area contributed by atoms with Gasteiger partial charge in [-0.3, -0.25) is 24.3 Å². The van der Waals surface area contributed by atoms with Crippen LogP contribution in [-0.2, 0) is 16.6 Å². The molecule has 2 aliphatic rings. The summed E-state index contributed by atoms with van der Waals surface area (Å²) in [6, 6.07) is 10.2. The number of primary amides is 1. The number of nitrogens with one attached hydrogen (secondary N) is 1. The van der Waals surface area contributed by atoms with Crippen LogP contribution in [0.5, 0.6) is 5.75 Å². The van der Waals surface area contributed by atoms with Crippen LogP contribution in [0.25, 0.3) is 0 Å². The van der Waals surface area contributed by atoms with Gasteiger partial charge in [0.1, 0.15) is 41.6 Å². The van der Waals surface area contributed by atoms with Gasteiger partial charge in [0.25, 0.3) is 0 Å². The summed E-state index contributed by atoms with van der Waals surface area (Å²) < 4.78 is 8.16. The Morgan fingerprint density at radius 1 is 1.14 bits per heavy atom. The number of urea groups is 1. The number of imidazole rings is 1. The molecule has 230 valence electrons. The maximum atomic E-state index is 14.5. The number of rotatable bonds is 7. The van der Waals surface area contributed by atoms with E-state index in [1.54, 1.807) is 41.6 Å². The highest BCUT2D eigenvalue weighted by Gasteiger charge is 2.47. The summed E-state index contributed by atoms with van der Waals surface area (Å²) in [5, 5.41) is 3.31. The summed E-state index contributed by atoms with van der Waals surface area (Å²) in [6.45, 7) is 6.06. The number of carbonyl (C=O) groups excluding carboxylic acids is 4. The van der Waals surface area contributed by atoms with E-state index in [1.165, 1.54) is 11.0 Å². The van der Waals surface area contributed by atoms with Crippen molar-refractivity contribution in [3.63, 3.8) is 0 Å². The van der Waals surface area contributed by atoms with Crippen molar-refractivity contribution in [1.29, 1.82) is 0 Å². The zero-order valence-electron chi connectivity index (χ0n) is 24.9. The lowest BCUT2D eigenvalue weighted by Gasteiger charge is -2.35. The molecule has 3 heterocycles. The van der Waals surface area contributed by atoms with Gasteiger partial charge in [0, 0.05) is 43.1 Å². The number of aromatic nitrogens is 2. The van der Waals surface area contributed by atoms with Crippen LogP contribution in [0, 0.1) is 0 Å². The molecule has 5 rings (SSSR count). The fraction of sp³-hybridized carbons (Fsp3) is 0.355. The van der Waals surface area contributed by atoms with Crippen molar-refractivity contribution < 1.29 is 23.9 Å². The van der Waals surface area contributed by atoms with Gasteiger partial charge in [-0.05, 0) is 50.6 Å². The first kappa shape index (κ1) is 30.7. The lowest BCUT2D eigenvalue weighted by Crippen LogP contribution is -2.55. The summed E-state index contributed by atoms with van der Waals surface area (Å²) in [4.78, 5) is 63.9. The highest BCUT2D eigenvalue weighted by Crippen LogP contribution is 2.45. The molecule has 2 atom stereocenters. The lowest BCUT2D eigenvalue weighted by molar-refractivity contribution is -0.123. The van der Waals surface area contributed by atoms with Gasteiger partial charge in [0.05, 0.1) is 12.0 Å². The van der Waals surface area contributed by atoms with Crippen LogP contribution >= 0.6 is 11.6 Å². The molecular weight excluding hydrogens is 586 g/mol. The second-order valence-corrected chi connectivity index (χ2v) is 12.1. The zero-order valence-corrected chi connectivity index (χ0v) is 25.7. The molecule has 1 saturated heterocycles. The van der Waals surface area contributed by atoms with Crippen molar-refractivity contribution in [1.82, 2.24) is 24.7 Å². The zero-order chi connectivity index (χ0) is 31.8. The number of Topliss-reactive ketones (excluding diaryl/α,β-unsaturated/α-hetero) is 1. The quantitative estimate of drug-likeness (QED) is 0.305. The van der Waals surface area contributed by atoms with Crippen LogP contribution in [0.2, 0.25) is 5.02 Å². The lowest BCUT2D eigenvalue weighted by atomic mass is 9.99. The number of piperazine rings is 1. The fourth-order valence-corrected chi connectivity index (χ4v) is 5.42. The SMILES string of the molecule is Cn1ccnc1[C@@H]1[C@H](c2ccc(Cl)cc2)N=C(c2ccc(C(=O)CC(N)=O)cc2OC(C)(C)C)N1C(=O)N1CCNC(=O)C1. The summed E-state index contributed by atoms with van der Waals surface area (Å²) in [7, 11) is 1.84. The van der Waals surface area contributed by atoms with Crippen LogP contribution in [0.15, 0.2) is 59.9 Å². The molecule has 3 aromatic rings. The number of ketones is 1. The number of amides is 4. The van der Waals surface area contributed by atoms with E-state index in [1.807, 2.05) is 44.5 Å². The van der Waals surface area contributed by atoms with Gasteiger partial charge in [-0.25, -0.2) is 9.78 Å². The monoisotopic (exact) mass is 619 g/mol. The molecule has 0 bridgehead atoms. The Morgan fingerprint density at radius 3 is 2.48 bits per heavy atom. The van der Waals surface area contributed by atoms with E-state index in [2.05, 4.69) is 10.3 Å². The number of benzene rings is 2. The molecule has 0 radical (unpaired) electrons. The number of nitrogens with two attached hydrogens (primary N) is 1. The van der Waals surface area contributed by atoms with Crippen LogP contribution in [0.1, 0.15) is 66.6 Å². The van der Waals surface area contributed by atoms with Crippen molar-refractivity contribution in [2.45, 2.75) is 44.9 Å². The highest BCUT2D eigenvalue weighted by molar-refractivity contribution is 6.30. The smallest absolute Gasteiger partial charge is 0.326 e. The minimum atomic E-state index is -0.747. The van der Waals surface area contributed by atoms with Crippen LogP contribution in [0.3, 0.4) is 0 Å². The van der Waals surface area contributed by atoms with E-state index in [0.717, 1.165) is 5.56 Å². The average Bonchev–Trinajstić information content (AvgIpc) is 3.55. The van der Waals surface area contributed by atoms with Gasteiger partial charge in [-0.1, -0.05) is 29.8 Å². The van der Waals surface area contributed by atoms with E-state index >= 15 is 0 Å². The predicted molar refractivity (Wildman–Crippen MR) is 163 cm³/mol. The number of halogens is 1. The maximum Gasteiger partial charge on any atom is 0.326 e. The number of ether oxygens (including phenoxy) is 1. The van der Waals surface area contributed by atoms with Crippen LogP contribution in [0.4, 0.5) is 4.79 Å². The normalized spacial score (nSPS) is 18.6. The Hall–Kier alpha value is -4.71. The molecule has 1 fully saturated rings. The summed E-state index contributed by atoms with van der Waals surface area (Å²) in [6.07, 6.45) is 2.98. The van der Waals surface area contributed by atoms with E-state index in [9.17, 15) is 19.2 Å². The molecular formula is C31H34ClN7O5. The molecule has 4 amide bonds. The van der Waals surface area contributed by atoms with Gasteiger partial charge in [0.15, 0.2) is 5.78 Å². The molecule has 3 N–H and O–H groups in total. The molecule has 0 aliphatic carbocycles. The molecule has 2 aliphatic heterocycles. The minimum absolute atomic E-state index is 0.118. The minimum Gasteiger partial charge on any atom is -0.487 e. The number of hydrogen-bond acceptors (Lipinski definition) is 7. The number of aliphatic imine (C=N–C) groups is 1. The van der Waals surface area contributed by atoms with Crippen LogP contribution < -0.4 is 15.8 Å². The number of aryl methyl sites for hydroxylation is 1. The molecule has 0 saturated carbocycles. The third-order valence-corrected chi connectivity index (χ3v) is 7.46. The van der Waals surface area contributed by atoms with Gasteiger partial charge < -0.3 is 25.3 Å². The Kier molecular flexibility index (Phi) is 8.46. The number of nitrogens with zero attached hydrogens (tertiary/aromatic N) is 5. The Labute approximate surface area is 259 Å². The number of amidine groups is 1. The Morgan fingerprint density at radius 2 is 1.86 bits per heavy atom. The Bertz CT molecular complexity index is 1640. The number of carbonyl (C=O) groups is 4. The molecule has 1 aromatic heterocycles. The van der Waals surface area contributed by atoms with Crippen molar-refractivity contribution in [2.24, 2.45) is 17.8 Å². The molecule has 12 nitrogen and oxygen atoms in total. The first-order chi connectivity index (χ1) is 20.8. The molecule has 0 spiro atoms. The van der Waals surface area contributed by atoms with Crippen molar-refractivity contribution in [3.8, 4) is 5.75 Å². The number of hydrogen-bond donors (Lipinski definition) is 2. The first-order valence-electron chi connectivity index (χ1n) is 14.1. The predicted octanol–water partition coefficient (Wildman–Crippen LogP) is 3.41. The van der Waals surface area contributed by atoms with E-state index in [-0.39, 0.29) is 29.6 Å². The maximum absolute atomic E-state index is 14.5. The molecule has 13 heteroatoms. The van der Waals surface area contributed by atoms with E-state index in [4.69, 9.17) is 27.1 Å². The van der Waals surface area contributed by atoms with Gasteiger partial charge in [0.2, 0.25) is 11.8 Å². The fourth-order valence-electron chi connectivity index (χ4n) is 5.29. The third-order valence-electron chi connectivity index (χ3n) is 7.21. The third kappa shape index (κ3) is 6.45. The van der Waals surface area contributed by atoms with Gasteiger partial charge in [-0.15, -0.1) is 0 Å². The van der Waals surface area contributed by atoms with E-state index in [0.29, 0.717) is 29.5 Å². The van der Waals surface area contributed by atoms with Crippen molar-refractivity contribution in [2.75, 3.05) is 19.6 Å². The summed E-state index contributed by atoms with van der Waals surface area (Å²) in [5.41, 5.74) is 6.04. The van der Waals surface area contributed by atoms with Crippen LogP contribution in [-0.4, -0.2) is 74.1 Å². The summed E-state index contributed by atoms with van der Waals surface area (Å²) >= 11 is 6.22. The van der Waals surface area contributed by atoms with Gasteiger partial charge >= 0.3 is 6.03 Å². The van der Waals surface area contributed by atoms with Gasteiger partial charge in [-0.2, -0.15) is 0 Å². The summed E-state index contributed by atoms with van der Waals surface area (Å²) in [5.74, 6) is -0.334. The largest absolute Gasteiger partial charge is 0.487 e. The molecule has 44 heavy (non-hydrogen) atoms. The van der Waals surface area contributed by atoms with E-state index < -0.39 is 41.8 Å². The first-order valence-corrected chi connectivity index (χ1v) is 14.5. The molecule has 0 unspecified atom stereocenters.